The number of carbonyl (C=O) groups excluding carboxylic acids is 2. The van der Waals surface area contributed by atoms with Crippen LogP contribution in [0.25, 0.3) is 0 Å². The third kappa shape index (κ3) is 0.926. The van der Waals surface area contributed by atoms with E-state index >= 15 is 0 Å². The van der Waals surface area contributed by atoms with Crippen molar-refractivity contribution in [2.45, 2.75) is 6.17 Å². The molecule has 1 saturated heterocycles. The summed E-state index contributed by atoms with van der Waals surface area (Å²) in [4.78, 5) is 26.7. The molecule has 1 fully saturated rings. The van der Waals surface area contributed by atoms with Crippen LogP contribution in [0.1, 0.15) is 0 Å². The van der Waals surface area contributed by atoms with E-state index in [2.05, 4.69) is 4.99 Å². The zero-order chi connectivity index (χ0) is 8.72. The molecule has 6 heteroatoms. The van der Waals surface area contributed by atoms with Crippen molar-refractivity contribution >= 4 is 18.0 Å². The number of rotatable bonds is 0. The quantitative estimate of drug-likeness (QED) is 0.446. The fourth-order valence-electron chi connectivity index (χ4n) is 1.31. The van der Waals surface area contributed by atoms with Crippen LogP contribution in [0.15, 0.2) is 4.99 Å². The number of hydroxylamine groups is 2. The molecule has 6 nitrogen and oxygen atoms in total. The standard InChI is InChI=1S/C6H7N3O3/c10-4-2-8-3-6(11)9(12)5(8)1-7-4/h1,5,12H,2-3H2. The smallest absolute Gasteiger partial charge is 0.262 e. The molecule has 0 aliphatic carbocycles. The predicted molar refractivity (Wildman–Crippen MR) is 37.5 cm³/mol. The first-order valence-corrected chi connectivity index (χ1v) is 3.50. The van der Waals surface area contributed by atoms with Crippen LogP contribution in [0, 0.1) is 0 Å². The predicted octanol–water partition coefficient (Wildman–Crippen LogP) is -1.54. The molecule has 2 aliphatic rings. The number of hydrogen-bond acceptors (Lipinski definition) is 4. The molecule has 0 aromatic rings. The lowest BCUT2D eigenvalue weighted by Gasteiger charge is -2.23. The van der Waals surface area contributed by atoms with E-state index in [4.69, 9.17) is 5.21 Å². The molecule has 2 rings (SSSR count). The monoisotopic (exact) mass is 169 g/mol. The average Bonchev–Trinajstić information content (AvgIpc) is 2.28. The molecule has 1 atom stereocenters. The molecule has 0 spiro atoms. The first-order valence-electron chi connectivity index (χ1n) is 3.50. The van der Waals surface area contributed by atoms with Gasteiger partial charge in [0.1, 0.15) is 6.17 Å². The second kappa shape index (κ2) is 2.36. The summed E-state index contributed by atoms with van der Waals surface area (Å²) in [6, 6.07) is 0. The molecular formula is C6H7N3O3. The van der Waals surface area contributed by atoms with Gasteiger partial charge >= 0.3 is 0 Å². The van der Waals surface area contributed by atoms with Crippen LogP contribution in [-0.4, -0.2) is 52.5 Å². The van der Waals surface area contributed by atoms with Gasteiger partial charge < -0.3 is 0 Å². The lowest BCUT2D eigenvalue weighted by Crippen LogP contribution is -2.44. The van der Waals surface area contributed by atoms with E-state index in [0.29, 0.717) is 5.06 Å². The van der Waals surface area contributed by atoms with Gasteiger partial charge in [-0.2, -0.15) is 5.06 Å². The van der Waals surface area contributed by atoms with Crippen molar-refractivity contribution < 1.29 is 14.8 Å². The van der Waals surface area contributed by atoms with Crippen LogP contribution < -0.4 is 0 Å². The molecule has 2 aliphatic heterocycles. The van der Waals surface area contributed by atoms with Gasteiger partial charge in [0.2, 0.25) is 0 Å². The summed E-state index contributed by atoms with van der Waals surface area (Å²) >= 11 is 0. The summed E-state index contributed by atoms with van der Waals surface area (Å²) in [5.41, 5.74) is 0. The zero-order valence-electron chi connectivity index (χ0n) is 6.17. The molecule has 0 aromatic heterocycles. The van der Waals surface area contributed by atoms with E-state index in [-0.39, 0.29) is 19.0 Å². The Bertz CT molecular complexity index is 275. The zero-order valence-corrected chi connectivity index (χ0v) is 6.17. The van der Waals surface area contributed by atoms with E-state index < -0.39 is 12.1 Å². The van der Waals surface area contributed by atoms with Crippen molar-refractivity contribution in [3.8, 4) is 0 Å². The molecule has 2 amide bonds. The maximum absolute atomic E-state index is 10.9. The van der Waals surface area contributed by atoms with Crippen LogP contribution in [0.3, 0.4) is 0 Å². The lowest BCUT2D eigenvalue weighted by atomic mass is 10.4. The van der Waals surface area contributed by atoms with E-state index in [9.17, 15) is 9.59 Å². The van der Waals surface area contributed by atoms with Crippen molar-refractivity contribution in [1.29, 1.82) is 0 Å². The minimum Gasteiger partial charge on any atom is -0.284 e. The molecule has 12 heavy (non-hydrogen) atoms. The minimum absolute atomic E-state index is 0.0823. The summed E-state index contributed by atoms with van der Waals surface area (Å²) in [5, 5.41) is 9.71. The Kier molecular flexibility index (Phi) is 1.45. The Balaban J connectivity index is 2.25. The van der Waals surface area contributed by atoms with Gasteiger partial charge in [-0.1, -0.05) is 0 Å². The third-order valence-corrected chi connectivity index (χ3v) is 1.91. The highest BCUT2D eigenvalue weighted by Gasteiger charge is 2.39. The fourth-order valence-corrected chi connectivity index (χ4v) is 1.31. The van der Waals surface area contributed by atoms with Crippen LogP contribution in [0.5, 0.6) is 0 Å². The Morgan fingerprint density at radius 3 is 3.00 bits per heavy atom. The lowest BCUT2D eigenvalue weighted by molar-refractivity contribution is -0.162. The number of amides is 2. The van der Waals surface area contributed by atoms with Crippen molar-refractivity contribution in [3.63, 3.8) is 0 Å². The molecule has 2 heterocycles. The molecule has 0 bridgehead atoms. The van der Waals surface area contributed by atoms with Crippen LogP contribution in [0.4, 0.5) is 0 Å². The number of hydrogen-bond donors (Lipinski definition) is 1. The molecule has 0 saturated carbocycles. The van der Waals surface area contributed by atoms with Crippen LogP contribution in [-0.2, 0) is 9.59 Å². The summed E-state index contributed by atoms with van der Waals surface area (Å²) in [6.45, 7) is 0.183. The maximum atomic E-state index is 10.9. The van der Waals surface area contributed by atoms with E-state index in [1.54, 1.807) is 4.90 Å². The molecule has 0 radical (unpaired) electrons. The second-order valence-corrected chi connectivity index (χ2v) is 2.73. The van der Waals surface area contributed by atoms with Crippen molar-refractivity contribution in [1.82, 2.24) is 9.96 Å². The van der Waals surface area contributed by atoms with E-state index in [1.807, 2.05) is 0 Å². The number of carbonyl (C=O) groups is 2. The number of aliphatic imine (C=N–C) groups is 1. The topological polar surface area (TPSA) is 73.2 Å². The highest BCUT2D eigenvalue weighted by molar-refractivity contribution is 5.94. The molecule has 1 N–H and O–H groups in total. The van der Waals surface area contributed by atoms with Gasteiger partial charge in [0.15, 0.2) is 0 Å². The second-order valence-electron chi connectivity index (χ2n) is 2.73. The summed E-state index contributed by atoms with van der Waals surface area (Å²) in [7, 11) is 0. The van der Waals surface area contributed by atoms with Gasteiger partial charge in [-0.25, -0.2) is 4.99 Å². The highest BCUT2D eigenvalue weighted by Crippen LogP contribution is 2.14. The van der Waals surface area contributed by atoms with Gasteiger partial charge in [0.25, 0.3) is 11.8 Å². The SMILES string of the molecule is O=C1CN2CC(=O)N(O)C2C=N1. The average molecular weight is 169 g/mol. The third-order valence-electron chi connectivity index (χ3n) is 1.91. The highest BCUT2D eigenvalue weighted by atomic mass is 16.5. The van der Waals surface area contributed by atoms with Gasteiger partial charge in [0, 0.05) is 6.21 Å². The van der Waals surface area contributed by atoms with Crippen LogP contribution in [0.2, 0.25) is 0 Å². The minimum atomic E-state index is -0.546. The Morgan fingerprint density at radius 2 is 2.25 bits per heavy atom. The molecule has 64 valence electrons. The summed E-state index contributed by atoms with van der Waals surface area (Å²) in [5.74, 6) is -0.685. The largest absolute Gasteiger partial charge is 0.284 e. The first kappa shape index (κ1) is 7.38. The molecular weight excluding hydrogens is 162 g/mol. The number of nitrogens with zero attached hydrogens (tertiary/aromatic N) is 3. The number of fused-ring (bicyclic) bond motifs is 1. The van der Waals surface area contributed by atoms with Gasteiger partial charge in [0.05, 0.1) is 13.1 Å². The molecule has 1 unspecified atom stereocenters. The maximum Gasteiger partial charge on any atom is 0.262 e. The summed E-state index contributed by atoms with van der Waals surface area (Å²) in [6.07, 6.45) is 0.728. The van der Waals surface area contributed by atoms with Crippen molar-refractivity contribution in [3.05, 3.63) is 0 Å². The Hall–Kier alpha value is -1.27. The fraction of sp³-hybridized carbons (Fsp3) is 0.500. The Labute approximate surface area is 68.0 Å². The molecule has 0 aromatic carbocycles. The van der Waals surface area contributed by atoms with Gasteiger partial charge in [-0.15, -0.1) is 0 Å². The van der Waals surface area contributed by atoms with Crippen molar-refractivity contribution in [2.24, 2.45) is 4.99 Å². The van der Waals surface area contributed by atoms with E-state index in [0.717, 1.165) is 0 Å². The van der Waals surface area contributed by atoms with E-state index in [1.165, 1.54) is 6.21 Å². The van der Waals surface area contributed by atoms with Gasteiger partial charge in [-0.05, 0) is 0 Å². The first-order chi connectivity index (χ1) is 5.68. The van der Waals surface area contributed by atoms with Gasteiger partial charge in [-0.3, -0.25) is 19.7 Å². The Morgan fingerprint density at radius 1 is 1.50 bits per heavy atom. The normalized spacial score (nSPS) is 29.8. The van der Waals surface area contributed by atoms with Crippen LogP contribution >= 0.6 is 0 Å². The van der Waals surface area contributed by atoms with Crippen molar-refractivity contribution in [2.75, 3.05) is 13.1 Å². The summed E-state index contributed by atoms with van der Waals surface area (Å²) < 4.78 is 0.